The molecule has 0 aliphatic heterocycles. The topological polar surface area (TPSA) is 60.3 Å². The molecule has 0 saturated heterocycles. The number of hydrogen-bond donors (Lipinski definition) is 1. The molecule has 1 fully saturated rings. The number of carbonyl (C=O) groups is 1. The monoisotopic (exact) mass is 362 g/mol. The molecule has 1 amide bonds. The van der Waals surface area contributed by atoms with E-state index >= 15 is 0 Å². The zero-order chi connectivity index (χ0) is 18.8. The lowest BCUT2D eigenvalue weighted by atomic mass is 10.1. The zero-order valence-corrected chi connectivity index (χ0v) is 15.3. The number of pyridine rings is 1. The Bertz CT molecular complexity index is 1050. The number of carbonyl (C=O) groups excluding carboxylic acids is 1. The fraction of sp³-hybridized carbons (Fsp3) is 0.273. The number of amides is 1. The number of fused-ring (bicyclic) bond motifs is 1. The molecule has 1 heterocycles. The molecule has 138 valence electrons. The summed E-state index contributed by atoms with van der Waals surface area (Å²) in [6.45, 7) is 0. The summed E-state index contributed by atoms with van der Waals surface area (Å²) in [4.78, 5) is 25.1. The van der Waals surface area contributed by atoms with E-state index in [1.54, 1.807) is 11.6 Å². The third-order valence-corrected chi connectivity index (χ3v) is 5.10. The lowest BCUT2D eigenvalue weighted by Crippen LogP contribution is -2.21. The molecule has 1 aliphatic carbocycles. The van der Waals surface area contributed by atoms with Crippen LogP contribution >= 0.6 is 0 Å². The van der Waals surface area contributed by atoms with Crippen molar-refractivity contribution >= 4 is 22.5 Å². The van der Waals surface area contributed by atoms with Crippen LogP contribution in [0.4, 0.5) is 5.69 Å². The van der Waals surface area contributed by atoms with Crippen molar-refractivity contribution < 1.29 is 9.53 Å². The molecule has 1 N–H and O–H groups in total. The van der Waals surface area contributed by atoms with Crippen LogP contribution in [0.25, 0.3) is 10.9 Å². The number of ether oxygens (including phenoxy) is 1. The van der Waals surface area contributed by atoms with Crippen molar-refractivity contribution in [3.05, 3.63) is 70.5 Å². The fourth-order valence-electron chi connectivity index (χ4n) is 3.64. The molecule has 1 aliphatic rings. The van der Waals surface area contributed by atoms with Crippen LogP contribution in [0, 0.1) is 0 Å². The van der Waals surface area contributed by atoms with Crippen molar-refractivity contribution in [2.75, 3.05) is 5.32 Å². The Morgan fingerprint density at radius 1 is 1.07 bits per heavy atom. The van der Waals surface area contributed by atoms with Crippen molar-refractivity contribution in [1.29, 1.82) is 0 Å². The first-order valence-electron chi connectivity index (χ1n) is 9.29. The highest BCUT2D eigenvalue weighted by Crippen LogP contribution is 2.26. The minimum Gasteiger partial charge on any atom is -0.490 e. The Balaban J connectivity index is 1.60. The molecular formula is C22H22N2O3. The first-order chi connectivity index (χ1) is 13.1. The molecule has 5 nitrogen and oxygen atoms in total. The maximum Gasteiger partial charge on any atom is 0.256 e. The van der Waals surface area contributed by atoms with Crippen molar-refractivity contribution in [3.63, 3.8) is 0 Å². The summed E-state index contributed by atoms with van der Waals surface area (Å²) in [5.41, 5.74) is 1.54. The highest BCUT2D eigenvalue weighted by molar-refractivity contribution is 6.12. The fourth-order valence-corrected chi connectivity index (χ4v) is 3.64. The maximum absolute atomic E-state index is 12.8. The van der Waals surface area contributed by atoms with Crippen LogP contribution in [-0.2, 0) is 7.05 Å². The van der Waals surface area contributed by atoms with Crippen LogP contribution < -0.4 is 15.6 Å². The summed E-state index contributed by atoms with van der Waals surface area (Å²) >= 11 is 0. The second kappa shape index (κ2) is 7.27. The number of benzene rings is 2. The molecule has 5 heteroatoms. The predicted octanol–water partition coefficient (Wildman–Crippen LogP) is 4.11. The maximum atomic E-state index is 12.8. The SMILES string of the molecule is Cn1c(=O)cc(C(=O)Nc2cccc(OC3CCCC3)c2)c2ccccc21. The normalized spacial score (nSPS) is 14.4. The van der Waals surface area contributed by atoms with Gasteiger partial charge in [-0.3, -0.25) is 9.59 Å². The van der Waals surface area contributed by atoms with Crippen molar-refractivity contribution in [2.24, 2.45) is 7.05 Å². The van der Waals surface area contributed by atoms with Crippen LogP contribution in [0.15, 0.2) is 59.4 Å². The van der Waals surface area contributed by atoms with E-state index in [-0.39, 0.29) is 17.6 Å². The van der Waals surface area contributed by atoms with Gasteiger partial charge in [0.2, 0.25) is 0 Å². The first-order valence-corrected chi connectivity index (χ1v) is 9.29. The van der Waals surface area contributed by atoms with Gasteiger partial charge in [0, 0.05) is 30.3 Å². The van der Waals surface area contributed by atoms with Crippen molar-refractivity contribution in [2.45, 2.75) is 31.8 Å². The van der Waals surface area contributed by atoms with Gasteiger partial charge in [0.05, 0.1) is 17.2 Å². The van der Waals surface area contributed by atoms with Gasteiger partial charge in [-0.05, 0) is 43.9 Å². The van der Waals surface area contributed by atoms with Gasteiger partial charge < -0.3 is 14.6 Å². The quantitative estimate of drug-likeness (QED) is 0.760. The average molecular weight is 362 g/mol. The number of nitrogens with one attached hydrogen (secondary N) is 1. The summed E-state index contributed by atoms with van der Waals surface area (Å²) in [6.07, 6.45) is 4.83. The molecule has 0 atom stereocenters. The lowest BCUT2D eigenvalue weighted by molar-refractivity contribution is 0.102. The zero-order valence-electron chi connectivity index (χ0n) is 15.3. The Morgan fingerprint density at radius 2 is 1.85 bits per heavy atom. The first kappa shape index (κ1) is 17.3. The van der Waals surface area contributed by atoms with Crippen LogP contribution in [0.2, 0.25) is 0 Å². The minimum absolute atomic E-state index is 0.211. The molecule has 1 aromatic heterocycles. The van der Waals surface area contributed by atoms with E-state index in [9.17, 15) is 9.59 Å². The number of aromatic nitrogens is 1. The molecule has 4 rings (SSSR count). The van der Waals surface area contributed by atoms with Crippen LogP contribution in [0.5, 0.6) is 5.75 Å². The smallest absolute Gasteiger partial charge is 0.256 e. The van der Waals surface area contributed by atoms with Gasteiger partial charge in [-0.1, -0.05) is 24.3 Å². The predicted molar refractivity (Wildman–Crippen MR) is 106 cm³/mol. The number of anilines is 1. The summed E-state index contributed by atoms with van der Waals surface area (Å²) in [6, 6.07) is 16.2. The van der Waals surface area contributed by atoms with E-state index in [4.69, 9.17) is 4.74 Å². The molecule has 0 bridgehead atoms. The highest BCUT2D eigenvalue weighted by atomic mass is 16.5. The van der Waals surface area contributed by atoms with Gasteiger partial charge in [0.1, 0.15) is 5.75 Å². The van der Waals surface area contributed by atoms with Gasteiger partial charge in [0.15, 0.2) is 0 Å². The molecular weight excluding hydrogens is 340 g/mol. The standard InChI is InChI=1S/C22H22N2O3/c1-24-20-12-5-4-11-18(20)19(14-21(24)25)22(26)23-15-7-6-10-17(13-15)27-16-8-2-3-9-16/h4-7,10-14,16H,2-3,8-9H2,1H3,(H,23,26). The molecule has 1 saturated carbocycles. The molecule has 27 heavy (non-hydrogen) atoms. The van der Waals surface area contributed by atoms with Crippen LogP contribution in [0.1, 0.15) is 36.0 Å². The van der Waals surface area contributed by atoms with Gasteiger partial charge in [-0.15, -0.1) is 0 Å². The largest absolute Gasteiger partial charge is 0.490 e. The van der Waals surface area contributed by atoms with E-state index in [0.29, 0.717) is 11.3 Å². The molecule has 0 unspecified atom stereocenters. The number of aryl methyl sites for hydroxylation is 1. The molecule has 2 aromatic carbocycles. The van der Waals surface area contributed by atoms with Gasteiger partial charge in [-0.2, -0.15) is 0 Å². The summed E-state index contributed by atoms with van der Waals surface area (Å²) in [5, 5.41) is 3.64. The average Bonchev–Trinajstić information content (AvgIpc) is 3.18. The van der Waals surface area contributed by atoms with Crippen LogP contribution in [-0.4, -0.2) is 16.6 Å². The summed E-state index contributed by atoms with van der Waals surface area (Å²) in [7, 11) is 1.70. The molecule has 0 spiro atoms. The Hall–Kier alpha value is -3.08. The van der Waals surface area contributed by atoms with Crippen LogP contribution in [0.3, 0.4) is 0 Å². The number of hydrogen-bond acceptors (Lipinski definition) is 3. The summed E-state index contributed by atoms with van der Waals surface area (Å²) in [5.74, 6) is 0.454. The van der Waals surface area contributed by atoms with Gasteiger partial charge >= 0.3 is 0 Å². The number of para-hydroxylation sites is 1. The third kappa shape index (κ3) is 3.58. The second-order valence-electron chi connectivity index (χ2n) is 6.98. The van der Waals surface area contributed by atoms with E-state index in [2.05, 4.69) is 5.32 Å². The van der Waals surface area contributed by atoms with E-state index < -0.39 is 0 Å². The number of rotatable bonds is 4. The molecule has 3 aromatic rings. The van der Waals surface area contributed by atoms with E-state index in [1.165, 1.54) is 18.9 Å². The van der Waals surface area contributed by atoms with E-state index in [1.807, 2.05) is 48.5 Å². The van der Waals surface area contributed by atoms with Crippen molar-refractivity contribution in [1.82, 2.24) is 4.57 Å². The van der Waals surface area contributed by atoms with Crippen molar-refractivity contribution in [3.8, 4) is 5.75 Å². The third-order valence-electron chi connectivity index (χ3n) is 5.10. The summed E-state index contributed by atoms with van der Waals surface area (Å²) < 4.78 is 7.55. The van der Waals surface area contributed by atoms with Gasteiger partial charge in [-0.25, -0.2) is 0 Å². The van der Waals surface area contributed by atoms with E-state index in [0.717, 1.165) is 29.5 Å². The molecule has 0 radical (unpaired) electrons. The Labute approximate surface area is 157 Å². The van der Waals surface area contributed by atoms with Gasteiger partial charge in [0.25, 0.3) is 11.5 Å². The Kier molecular flexibility index (Phi) is 4.67. The highest BCUT2D eigenvalue weighted by Gasteiger charge is 2.17. The second-order valence-corrected chi connectivity index (χ2v) is 6.98. The Morgan fingerprint density at radius 3 is 2.67 bits per heavy atom. The lowest BCUT2D eigenvalue weighted by Gasteiger charge is -2.14. The minimum atomic E-state index is -0.304. The number of nitrogens with zero attached hydrogens (tertiary/aromatic N) is 1.